The Kier molecular flexibility index (Phi) is 7.40. The molecule has 0 fully saturated rings. The molecule has 1 aliphatic rings. The van der Waals surface area contributed by atoms with Crippen LogP contribution >= 0.6 is 0 Å². The quantitative estimate of drug-likeness (QED) is 0.445. The molecule has 1 aliphatic heterocycles. The van der Waals surface area contributed by atoms with Gasteiger partial charge in [0.15, 0.2) is 11.6 Å². The number of amides is 1. The van der Waals surface area contributed by atoms with E-state index in [1.807, 2.05) is 97.1 Å². The zero-order valence-corrected chi connectivity index (χ0v) is 18.8. The Balaban J connectivity index is 1.65. The Morgan fingerprint density at radius 3 is 2.35 bits per heavy atom. The highest BCUT2D eigenvalue weighted by atomic mass is 16.5. The highest BCUT2D eigenvalue weighted by Gasteiger charge is 2.51. The minimum absolute atomic E-state index is 0.0809. The molecule has 0 unspecified atom stereocenters. The van der Waals surface area contributed by atoms with E-state index in [1.165, 1.54) is 0 Å². The molecule has 0 radical (unpaired) electrons. The van der Waals surface area contributed by atoms with Gasteiger partial charge in [0.25, 0.3) is 0 Å². The SMILES string of the molecule is NC(=O)[C@]1(C/C=C/c2ccccc2)N=C(c2ccc(OCCCO)cc2)O[C@@H]1c1ccccc1. The lowest BCUT2D eigenvalue weighted by Gasteiger charge is -2.27. The summed E-state index contributed by atoms with van der Waals surface area (Å²) in [6.45, 7) is 0.513. The van der Waals surface area contributed by atoms with Gasteiger partial charge in [-0.05, 0) is 35.4 Å². The van der Waals surface area contributed by atoms with E-state index in [1.54, 1.807) is 0 Å². The lowest BCUT2D eigenvalue weighted by Crippen LogP contribution is -2.45. The molecule has 34 heavy (non-hydrogen) atoms. The van der Waals surface area contributed by atoms with Crippen LogP contribution in [-0.4, -0.2) is 35.7 Å². The molecule has 0 aromatic heterocycles. The van der Waals surface area contributed by atoms with Gasteiger partial charge in [-0.15, -0.1) is 0 Å². The summed E-state index contributed by atoms with van der Waals surface area (Å²) in [4.78, 5) is 17.7. The lowest BCUT2D eigenvalue weighted by molar-refractivity contribution is -0.125. The molecular formula is C28H28N2O4. The maximum atomic E-state index is 12.9. The van der Waals surface area contributed by atoms with Crippen LogP contribution in [0.3, 0.4) is 0 Å². The van der Waals surface area contributed by atoms with Gasteiger partial charge in [-0.25, -0.2) is 4.99 Å². The second-order valence-electron chi connectivity index (χ2n) is 8.08. The third kappa shape index (κ3) is 5.18. The topological polar surface area (TPSA) is 94.1 Å². The van der Waals surface area contributed by atoms with Gasteiger partial charge in [0, 0.05) is 25.0 Å². The van der Waals surface area contributed by atoms with E-state index in [0.29, 0.717) is 31.1 Å². The van der Waals surface area contributed by atoms with Crippen LogP contribution < -0.4 is 10.5 Å². The van der Waals surface area contributed by atoms with Gasteiger partial charge >= 0.3 is 0 Å². The number of hydrogen-bond donors (Lipinski definition) is 2. The number of carbonyl (C=O) groups is 1. The lowest BCUT2D eigenvalue weighted by atomic mass is 9.84. The van der Waals surface area contributed by atoms with Crippen molar-refractivity contribution in [3.05, 3.63) is 108 Å². The Hall–Kier alpha value is -3.90. The molecule has 3 aromatic carbocycles. The van der Waals surface area contributed by atoms with Crippen molar-refractivity contribution in [2.75, 3.05) is 13.2 Å². The summed E-state index contributed by atoms with van der Waals surface area (Å²) in [6.07, 6.45) is 4.08. The number of rotatable bonds is 10. The van der Waals surface area contributed by atoms with Gasteiger partial charge in [-0.3, -0.25) is 4.79 Å². The van der Waals surface area contributed by atoms with Crippen molar-refractivity contribution >= 4 is 17.9 Å². The third-order valence-corrected chi connectivity index (χ3v) is 5.70. The van der Waals surface area contributed by atoms with Crippen molar-refractivity contribution in [2.24, 2.45) is 10.7 Å². The molecule has 3 aromatic rings. The Labute approximate surface area is 199 Å². The molecule has 0 bridgehead atoms. The predicted octanol–water partition coefficient (Wildman–Crippen LogP) is 4.29. The fraction of sp³-hybridized carbons (Fsp3) is 0.214. The summed E-state index contributed by atoms with van der Waals surface area (Å²) in [5, 5.41) is 8.92. The van der Waals surface area contributed by atoms with E-state index in [-0.39, 0.29) is 6.61 Å². The number of ether oxygens (including phenoxy) is 2. The average molecular weight is 457 g/mol. The fourth-order valence-electron chi connectivity index (χ4n) is 3.90. The van der Waals surface area contributed by atoms with E-state index in [9.17, 15) is 4.79 Å². The van der Waals surface area contributed by atoms with Crippen LogP contribution in [0.2, 0.25) is 0 Å². The molecule has 0 saturated heterocycles. The molecule has 1 amide bonds. The summed E-state index contributed by atoms with van der Waals surface area (Å²) >= 11 is 0. The van der Waals surface area contributed by atoms with Crippen molar-refractivity contribution in [1.82, 2.24) is 0 Å². The standard InChI is InChI=1S/C28H28N2O4/c29-27(32)28(18-7-11-21-9-3-1-4-10-21)25(22-12-5-2-6-13-22)34-26(30-28)23-14-16-24(17-15-23)33-20-8-19-31/h1-7,9-17,25,31H,8,18-20H2,(H2,29,32)/b11-7+/t25-,28-/m1/s1. The number of aliphatic hydroxyl groups excluding tert-OH is 1. The number of hydrogen-bond acceptors (Lipinski definition) is 5. The monoisotopic (exact) mass is 456 g/mol. The Bertz CT molecular complexity index is 1140. The van der Waals surface area contributed by atoms with Gasteiger partial charge in [-0.2, -0.15) is 0 Å². The highest BCUT2D eigenvalue weighted by molar-refractivity contribution is 6.00. The van der Waals surface area contributed by atoms with E-state index in [0.717, 1.165) is 16.7 Å². The second-order valence-corrected chi connectivity index (χ2v) is 8.08. The summed E-state index contributed by atoms with van der Waals surface area (Å²) < 4.78 is 11.9. The number of nitrogens with two attached hydrogens (primary N) is 1. The average Bonchev–Trinajstić information content (AvgIpc) is 3.27. The maximum absolute atomic E-state index is 12.9. The summed E-state index contributed by atoms with van der Waals surface area (Å²) in [7, 11) is 0. The molecule has 0 aliphatic carbocycles. The van der Waals surface area contributed by atoms with Gasteiger partial charge in [0.2, 0.25) is 11.8 Å². The largest absolute Gasteiger partial charge is 0.494 e. The molecule has 0 spiro atoms. The molecule has 2 atom stereocenters. The van der Waals surface area contributed by atoms with Crippen LogP contribution in [0.25, 0.3) is 6.08 Å². The van der Waals surface area contributed by atoms with Gasteiger partial charge in [0.1, 0.15) is 5.75 Å². The first kappa shape index (κ1) is 23.3. The number of benzene rings is 3. The van der Waals surface area contributed by atoms with Crippen molar-refractivity contribution in [2.45, 2.75) is 24.5 Å². The van der Waals surface area contributed by atoms with Gasteiger partial charge < -0.3 is 20.3 Å². The van der Waals surface area contributed by atoms with Crippen LogP contribution in [0.1, 0.15) is 35.6 Å². The molecule has 174 valence electrons. The van der Waals surface area contributed by atoms with Crippen molar-refractivity contribution in [1.29, 1.82) is 0 Å². The van der Waals surface area contributed by atoms with Crippen LogP contribution in [0.4, 0.5) is 0 Å². The number of carbonyl (C=O) groups excluding carboxylic acids is 1. The minimum Gasteiger partial charge on any atom is -0.494 e. The molecule has 1 heterocycles. The van der Waals surface area contributed by atoms with Gasteiger partial charge in [0.05, 0.1) is 6.61 Å². The fourth-order valence-corrected chi connectivity index (χ4v) is 3.90. The minimum atomic E-state index is -1.28. The third-order valence-electron chi connectivity index (χ3n) is 5.70. The summed E-state index contributed by atoms with van der Waals surface area (Å²) in [6, 6.07) is 26.7. The molecule has 0 saturated carbocycles. The molecule has 4 rings (SSSR count). The molecular weight excluding hydrogens is 428 g/mol. The number of primary amides is 1. The first-order valence-electron chi connectivity index (χ1n) is 11.3. The van der Waals surface area contributed by atoms with Crippen LogP contribution in [0.15, 0.2) is 96.0 Å². The maximum Gasteiger partial charge on any atom is 0.250 e. The van der Waals surface area contributed by atoms with Gasteiger partial charge in [-0.1, -0.05) is 72.8 Å². The predicted molar refractivity (Wildman–Crippen MR) is 132 cm³/mol. The van der Waals surface area contributed by atoms with Crippen molar-refractivity contribution in [3.63, 3.8) is 0 Å². The first-order valence-corrected chi connectivity index (χ1v) is 11.3. The first-order chi connectivity index (χ1) is 16.6. The Morgan fingerprint density at radius 1 is 1.03 bits per heavy atom. The summed E-state index contributed by atoms with van der Waals surface area (Å²) in [5.74, 6) is 0.503. The zero-order chi connectivity index (χ0) is 23.8. The smallest absolute Gasteiger partial charge is 0.250 e. The molecule has 3 N–H and O–H groups in total. The zero-order valence-electron chi connectivity index (χ0n) is 18.8. The van der Waals surface area contributed by atoms with Crippen molar-refractivity contribution < 1.29 is 19.4 Å². The molecule has 6 nitrogen and oxygen atoms in total. The summed E-state index contributed by atoms with van der Waals surface area (Å²) in [5.41, 5.74) is 7.28. The van der Waals surface area contributed by atoms with Crippen LogP contribution in [0.5, 0.6) is 5.75 Å². The number of nitrogens with zero attached hydrogens (tertiary/aromatic N) is 1. The van der Waals surface area contributed by atoms with Crippen molar-refractivity contribution in [3.8, 4) is 5.75 Å². The second kappa shape index (κ2) is 10.8. The van der Waals surface area contributed by atoms with E-state index < -0.39 is 17.6 Å². The number of aliphatic hydroxyl groups is 1. The van der Waals surface area contributed by atoms with E-state index >= 15 is 0 Å². The highest BCUT2D eigenvalue weighted by Crippen LogP contribution is 2.42. The normalized spacial score (nSPS) is 19.6. The Morgan fingerprint density at radius 2 is 1.71 bits per heavy atom. The van der Waals surface area contributed by atoms with Crippen LogP contribution in [-0.2, 0) is 9.53 Å². The number of aliphatic imine (C=N–C) groups is 1. The van der Waals surface area contributed by atoms with E-state index in [4.69, 9.17) is 25.3 Å². The van der Waals surface area contributed by atoms with E-state index in [2.05, 4.69) is 0 Å². The molecule has 6 heteroatoms. The van der Waals surface area contributed by atoms with Crippen LogP contribution in [0, 0.1) is 0 Å².